The molecule has 1 aliphatic carbocycles. The molecular formula is C23H27BrN4OS. The van der Waals surface area contributed by atoms with E-state index in [1.54, 1.807) is 11.8 Å². The fraction of sp³-hybridized carbons (Fsp3) is 0.478. The number of hydrogen-bond acceptors (Lipinski definition) is 5. The van der Waals surface area contributed by atoms with Crippen molar-refractivity contribution in [1.29, 1.82) is 0 Å². The molecule has 1 aliphatic heterocycles. The first kappa shape index (κ1) is 20.3. The zero-order valence-corrected chi connectivity index (χ0v) is 20.1. The zero-order valence-electron chi connectivity index (χ0n) is 17.7. The van der Waals surface area contributed by atoms with Gasteiger partial charge in [-0.15, -0.1) is 10.2 Å². The molecule has 2 aromatic heterocycles. The molecule has 0 N–H and O–H groups in total. The largest absolute Gasteiger partial charge is 0.466 e. The van der Waals surface area contributed by atoms with Crippen LogP contribution in [-0.4, -0.2) is 45.1 Å². The average molecular weight is 487 g/mol. The number of likely N-dealkylation sites (tertiary alicyclic amines) is 1. The molecule has 5 nitrogen and oxygen atoms in total. The quantitative estimate of drug-likeness (QED) is 0.338. The molecular weight excluding hydrogens is 460 g/mol. The summed E-state index contributed by atoms with van der Waals surface area (Å²) in [4.78, 5) is 2.65. The molecule has 0 radical (unpaired) electrons. The number of thioether (sulfide) groups is 1. The van der Waals surface area contributed by atoms with Crippen LogP contribution in [0, 0.1) is 19.8 Å². The summed E-state index contributed by atoms with van der Waals surface area (Å²) in [5.74, 6) is 4.58. The zero-order chi connectivity index (χ0) is 20.9. The van der Waals surface area contributed by atoms with E-state index in [1.807, 2.05) is 27.0 Å². The van der Waals surface area contributed by atoms with Crippen LogP contribution >= 0.6 is 27.7 Å². The molecule has 0 spiro atoms. The third kappa shape index (κ3) is 3.65. The molecule has 5 rings (SSSR count). The summed E-state index contributed by atoms with van der Waals surface area (Å²) in [6.45, 7) is 7.55. The molecule has 3 aromatic rings. The van der Waals surface area contributed by atoms with Crippen molar-refractivity contribution in [3.63, 3.8) is 0 Å². The van der Waals surface area contributed by atoms with Gasteiger partial charge in [0.15, 0.2) is 11.0 Å². The van der Waals surface area contributed by atoms with Crippen LogP contribution in [0.3, 0.4) is 0 Å². The van der Waals surface area contributed by atoms with E-state index in [-0.39, 0.29) is 0 Å². The van der Waals surface area contributed by atoms with E-state index >= 15 is 0 Å². The lowest BCUT2D eigenvalue weighted by atomic mass is 9.95. The fourth-order valence-electron chi connectivity index (χ4n) is 4.97. The highest BCUT2D eigenvalue weighted by Crippen LogP contribution is 2.59. The fourth-order valence-corrected chi connectivity index (χ4v) is 6.06. The van der Waals surface area contributed by atoms with E-state index in [0.29, 0.717) is 5.41 Å². The monoisotopic (exact) mass is 486 g/mol. The number of furan rings is 1. The van der Waals surface area contributed by atoms with E-state index in [4.69, 9.17) is 4.42 Å². The van der Waals surface area contributed by atoms with Crippen LogP contribution in [0.4, 0.5) is 0 Å². The second-order valence-corrected chi connectivity index (χ2v) is 10.7. The third-order valence-electron chi connectivity index (χ3n) is 6.60. The normalized spacial score (nSPS) is 23.1. The Morgan fingerprint density at radius 3 is 2.77 bits per heavy atom. The van der Waals surface area contributed by atoms with Gasteiger partial charge in [-0.2, -0.15) is 0 Å². The molecule has 2 aliphatic rings. The van der Waals surface area contributed by atoms with Gasteiger partial charge < -0.3 is 13.9 Å². The van der Waals surface area contributed by atoms with E-state index < -0.39 is 0 Å². The number of halogens is 1. The number of aromatic nitrogens is 3. The van der Waals surface area contributed by atoms with E-state index in [1.165, 1.54) is 31.5 Å². The van der Waals surface area contributed by atoms with Crippen molar-refractivity contribution in [3.8, 4) is 11.4 Å². The first-order valence-electron chi connectivity index (χ1n) is 10.5. The van der Waals surface area contributed by atoms with Crippen LogP contribution in [0.1, 0.15) is 29.9 Å². The summed E-state index contributed by atoms with van der Waals surface area (Å²) in [5.41, 5.74) is 2.97. The Kier molecular flexibility index (Phi) is 5.32. The van der Waals surface area contributed by atoms with Crippen LogP contribution in [-0.2, 0) is 12.5 Å². The predicted octanol–water partition coefficient (Wildman–Crippen LogP) is 5.21. The summed E-state index contributed by atoms with van der Waals surface area (Å²) >= 11 is 5.35. The lowest BCUT2D eigenvalue weighted by Gasteiger charge is -2.21. The van der Waals surface area contributed by atoms with Gasteiger partial charge in [0, 0.05) is 35.8 Å². The first-order valence-corrected chi connectivity index (χ1v) is 12.3. The summed E-state index contributed by atoms with van der Waals surface area (Å²) < 4.78 is 8.89. The Morgan fingerprint density at radius 2 is 2.03 bits per heavy atom. The van der Waals surface area contributed by atoms with Gasteiger partial charge in [0.1, 0.15) is 11.5 Å². The first-order chi connectivity index (χ1) is 14.5. The maximum atomic E-state index is 5.65. The number of fused-ring (bicyclic) bond motifs is 1. The molecule has 1 saturated heterocycles. The smallest absolute Gasteiger partial charge is 0.191 e. The van der Waals surface area contributed by atoms with E-state index in [9.17, 15) is 0 Å². The molecule has 2 fully saturated rings. The molecule has 30 heavy (non-hydrogen) atoms. The highest BCUT2D eigenvalue weighted by atomic mass is 79.9. The number of piperidine rings is 1. The average Bonchev–Trinajstić information content (AvgIpc) is 2.97. The topological polar surface area (TPSA) is 47.1 Å². The van der Waals surface area contributed by atoms with Crippen LogP contribution < -0.4 is 0 Å². The summed E-state index contributed by atoms with van der Waals surface area (Å²) in [6.07, 6.45) is 2.52. The van der Waals surface area contributed by atoms with Crippen molar-refractivity contribution in [2.75, 3.05) is 25.4 Å². The summed E-state index contributed by atoms with van der Waals surface area (Å²) in [6, 6.07) is 11.0. The van der Waals surface area contributed by atoms with Crippen LogP contribution in [0.5, 0.6) is 0 Å². The number of rotatable bonds is 7. The lowest BCUT2D eigenvalue weighted by molar-refractivity contribution is 0.299. The third-order valence-corrected chi connectivity index (χ3v) is 8.24. The molecule has 1 aromatic carbocycles. The number of nitrogens with zero attached hydrogens (tertiary/aromatic N) is 4. The second kappa shape index (κ2) is 7.84. The molecule has 1 unspecified atom stereocenters. The van der Waals surface area contributed by atoms with Gasteiger partial charge in [-0.1, -0.05) is 39.8 Å². The maximum absolute atomic E-state index is 5.65. The highest BCUT2D eigenvalue weighted by molar-refractivity contribution is 9.10. The Bertz CT molecular complexity index is 1060. The maximum Gasteiger partial charge on any atom is 0.191 e. The molecule has 0 amide bonds. The minimum Gasteiger partial charge on any atom is -0.466 e. The predicted molar refractivity (Wildman–Crippen MR) is 124 cm³/mol. The Labute approximate surface area is 190 Å². The summed E-state index contributed by atoms with van der Waals surface area (Å²) in [5, 5.41) is 9.78. The van der Waals surface area contributed by atoms with Crippen molar-refractivity contribution < 1.29 is 4.42 Å². The number of hydrogen-bond donors (Lipinski definition) is 0. The molecule has 7 heteroatoms. The Hall–Kier alpha value is -1.57. The standard InChI is InChI=1S/C23H27BrN4OS/c1-15-11-20(16(2)29-15)21-25-26-22(27(21)3)30-10-4-9-28-13-18-12-23(18,14-28)17-5-7-19(24)8-6-17/h5-8,11,18H,4,9-10,12-14H2,1-3H3/t18-,23?/m0/s1. The van der Waals surface area contributed by atoms with E-state index in [0.717, 1.165) is 50.8 Å². The molecule has 1 saturated carbocycles. The highest BCUT2D eigenvalue weighted by Gasteiger charge is 2.60. The van der Waals surface area contributed by atoms with Gasteiger partial charge >= 0.3 is 0 Å². The Balaban J connectivity index is 1.13. The van der Waals surface area contributed by atoms with Gasteiger partial charge in [0.05, 0.1) is 5.56 Å². The minimum absolute atomic E-state index is 0.424. The SMILES string of the molecule is Cc1cc(-c2nnc(SCCCN3C[C@@H]4CC4(c4ccc(Br)cc4)C3)n2C)c(C)o1. The number of aryl methyl sites for hydroxylation is 2. The number of benzene rings is 1. The van der Waals surface area contributed by atoms with Crippen molar-refractivity contribution in [3.05, 3.63) is 51.9 Å². The van der Waals surface area contributed by atoms with Crippen LogP contribution in [0.2, 0.25) is 0 Å². The van der Waals surface area contributed by atoms with Crippen LogP contribution in [0.15, 0.2) is 44.4 Å². The molecule has 158 valence electrons. The van der Waals surface area contributed by atoms with Crippen molar-refractivity contribution in [2.24, 2.45) is 13.0 Å². The van der Waals surface area contributed by atoms with Crippen molar-refractivity contribution in [2.45, 2.75) is 37.3 Å². The van der Waals surface area contributed by atoms with Gasteiger partial charge in [-0.3, -0.25) is 0 Å². The molecule has 3 heterocycles. The Morgan fingerprint density at radius 1 is 1.23 bits per heavy atom. The van der Waals surface area contributed by atoms with Crippen molar-refractivity contribution in [1.82, 2.24) is 19.7 Å². The van der Waals surface area contributed by atoms with Crippen LogP contribution in [0.25, 0.3) is 11.4 Å². The van der Waals surface area contributed by atoms with Gasteiger partial charge in [-0.25, -0.2) is 0 Å². The second-order valence-electron chi connectivity index (χ2n) is 8.69. The van der Waals surface area contributed by atoms with Gasteiger partial charge in [-0.05, 0) is 62.9 Å². The van der Waals surface area contributed by atoms with Gasteiger partial charge in [0.2, 0.25) is 0 Å². The molecule has 2 atom stereocenters. The lowest BCUT2D eigenvalue weighted by Crippen LogP contribution is -2.27. The van der Waals surface area contributed by atoms with Crippen molar-refractivity contribution >= 4 is 27.7 Å². The van der Waals surface area contributed by atoms with E-state index in [2.05, 4.69) is 59.9 Å². The summed E-state index contributed by atoms with van der Waals surface area (Å²) in [7, 11) is 2.04. The minimum atomic E-state index is 0.424. The van der Waals surface area contributed by atoms with Gasteiger partial charge in [0.25, 0.3) is 0 Å². The molecule has 0 bridgehead atoms.